The zero-order valence-electron chi connectivity index (χ0n) is 6.43. The van der Waals surface area contributed by atoms with Gasteiger partial charge in [-0.25, -0.2) is 0 Å². The standard InChI is InChI=1S/C7H15NS.ClH/c1-2-9-6-7(5-8)3-4-7;/h2-6,8H2,1H3;1H. The summed E-state index contributed by atoms with van der Waals surface area (Å²) in [5.41, 5.74) is 6.18. The first kappa shape index (κ1) is 10.6. The van der Waals surface area contributed by atoms with Crippen LogP contribution in [0.5, 0.6) is 0 Å². The topological polar surface area (TPSA) is 26.0 Å². The highest BCUT2D eigenvalue weighted by Crippen LogP contribution is 2.46. The smallest absolute Gasteiger partial charge is 0.000117 e. The van der Waals surface area contributed by atoms with Crippen LogP contribution in [-0.2, 0) is 0 Å². The van der Waals surface area contributed by atoms with Crippen LogP contribution in [0.15, 0.2) is 0 Å². The maximum absolute atomic E-state index is 5.60. The van der Waals surface area contributed by atoms with Gasteiger partial charge in [0.2, 0.25) is 0 Å². The first-order valence-electron chi connectivity index (χ1n) is 3.61. The lowest BCUT2D eigenvalue weighted by atomic mass is 10.1. The molecule has 0 radical (unpaired) electrons. The van der Waals surface area contributed by atoms with E-state index < -0.39 is 0 Å². The van der Waals surface area contributed by atoms with Crippen molar-refractivity contribution in [2.45, 2.75) is 19.8 Å². The van der Waals surface area contributed by atoms with Crippen molar-refractivity contribution in [1.82, 2.24) is 0 Å². The number of nitrogens with two attached hydrogens (primary N) is 1. The number of thioether (sulfide) groups is 1. The van der Waals surface area contributed by atoms with E-state index in [0.717, 1.165) is 6.54 Å². The Morgan fingerprint density at radius 2 is 2.10 bits per heavy atom. The van der Waals surface area contributed by atoms with Gasteiger partial charge < -0.3 is 5.73 Å². The fourth-order valence-corrected chi connectivity index (χ4v) is 1.95. The van der Waals surface area contributed by atoms with Crippen molar-refractivity contribution < 1.29 is 0 Å². The van der Waals surface area contributed by atoms with E-state index in [1.807, 2.05) is 11.8 Å². The fraction of sp³-hybridized carbons (Fsp3) is 1.00. The minimum absolute atomic E-state index is 0. The quantitative estimate of drug-likeness (QED) is 0.717. The maximum Gasteiger partial charge on any atom is 0.000117 e. The molecule has 1 saturated carbocycles. The molecule has 1 rings (SSSR count). The van der Waals surface area contributed by atoms with Crippen molar-refractivity contribution in [2.24, 2.45) is 11.1 Å². The third-order valence-corrected chi connectivity index (χ3v) is 3.23. The van der Waals surface area contributed by atoms with Crippen molar-refractivity contribution in [3.63, 3.8) is 0 Å². The lowest BCUT2D eigenvalue weighted by Gasteiger charge is -2.09. The molecule has 0 bridgehead atoms. The first-order chi connectivity index (χ1) is 4.33. The van der Waals surface area contributed by atoms with Crippen LogP contribution < -0.4 is 5.73 Å². The summed E-state index contributed by atoms with van der Waals surface area (Å²) in [7, 11) is 0. The van der Waals surface area contributed by atoms with E-state index in [4.69, 9.17) is 5.73 Å². The SMILES string of the molecule is CCSCC1(CN)CC1.Cl. The monoisotopic (exact) mass is 181 g/mol. The molecule has 0 aromatic carbocycles. The molecule has 62 valence electrons. The molecular formula is C7H16ClNS. The molecule has 0 saturated heterocycles. The van der Waals surface area contributed by atoms with Gasteiger partial charge in [-0.05, 0) is 30.6 Å². The van der Waals surface area contributed by atoms with E-state index in [1.54, 1.807) is 0 Å². The lowest BCUT2D eigenvalue weighted by molar-refractivity contribution is 0.600. The highest BCUT2D eigenvalue weighted by molar-refractivity contribution is 7.99. The molecule has 1 nitrogen and oxygen atoms in total. The number of halogens is 1. The summed E-state index contributed by atoms with van der Waals surface area (Å²) in [6.07, 6.45) is 2.74. The summed E-state index contributed by atoms with van der Waals surface area (Å²) >= 11 is 2.02. The van der Waals surface area contributed by atoms with Gasteiger partial charge in [0.1, 0.15) is 0 Å². The van der Waals surface area contributed by atoms with Crippen LogP contribution in [-0.4, -0.2) is 18.1 Å². The van der Waals surface area contributed by atoms with Gasteiger partial charge in [-0.1, -0.05) is 6.92 Å². The van der Waals surface area contributed by atoms with Crippen LogP contribution in [0.2, 0.25) is 0 Å². The lowest BCUT2D eigenvalue weighted by Crippen LogP contribution is -2.17. The normalized spacial score (nSPS) is 19.8. The van der Waals surface area contributed by atoms with E-state index in [0.29, 0.717) is 5.41 Å². The molecule has 2 N–H and O–H groups in total. The van der Waals surface area contributed by atoms with E-state index in [1.165, 1.54) is 24.3 Å². The molecule has 0 spiro atoms. The summed E-state index contributed by atoms with van der Waals surface area (Å²) < 4.78 is 0. The molecule has 0 aromatic heterocycles. The van der Waals surface area contributed by atoms with Crippen LogP contribution >= 0.6 is 24.2 Å². The minimum Gasteiger partial charge on any atom is -0.330 e. The molecule has 10 heavy (non-hydrogen) atoms. The molecule has 1 fully saturated rings. The predicted molar refractivity (Wildman–Crippen MR) is 51.0 cm³/mol. The average molecular weight is 182 g/mol. The van der Waals surface area contributed by atoms with E-state index in [9.17, 15) is 0 Å². The third-order valence-electron chi connectivity index (χ3n) is 2.00. The first-order valence-corrected chi connectivity index (χ1v) is 4.76. The van der Waals surface area contributed by atoms with Crippen LogP contribution in [0.1, 0.15) is 19.8 Å². The molecule has 1 aliphatic rings. The van der Waals surface area contributed by atoms with E-state index in [2.05, 4.69) is 6.92 Å². The van der Waals surface area contributed by atoms with Gasteiger partial charge in [0, 0.05) is 5.75 Å². The summed E-state index contributed by atoms with van der Waals surface area (Å²) in [6, 6.07) is 0. The van der Waals surface area contributed by atoms with Crippen molar-refractivity contribution >= 4 is 24.2 Å². The summed E-state index contributed by atoms with van der Waals surface area (Å²) in [4.78, 5) is 0. The van der Waals surface area contributed by atoms with Gasteiger partial charge in [-0.15, -0.1) is 12.4 Å². The van der Waals surface area contributed by atoms with Crippen molar-refractivity contribution in [2.75, 3.05) is 18.1 Å². The second-order valence-corrected chi connectivity index (χ2v) is 4.12. The maximum atomic E-state index is 5.60. The molecule has 0 unspecified atom stereocenters. The highest BCUT2D eigenvalue weighted by atomic mass is 35.5. The molecule has 1 aliphatic carbocycles. The Bertz CT molecular complexity index is 93.6. The third kappa shape index (κ3) is 2.69. The van der Waals surface area contributed by atoms with E-state index in [-0.39, 0.29) is 12.4 Å². The average Bonchev–Trinajstić information content (AvgIpc) is 2.65. The van der Waals surface area contributed by atoms with Crippen LogP contribution in [0, 0.1) is 5.41 Å². The zero-order valence-corrected chi connectivity index (χ0v) is 8.06. The Kier molecular flexibility index (Phi) is 4.74. The summed E-state index contributed by atoms with van der Waals surface area (Å²) in [5, 5.41) is 0. The summed E-state index contributed by atoms with van der Waals surface area (Å²) in [5.74, 6) is 2.53. The highest BCUT2D eigenvalue weighted by Gasteiger charge is 2.40. The Morgan fingerprint density at radius 3 is 2.40 bits per heavy atom. The zero-order chi connectivity index (χ0) is 6.74. The molecular weight excluding hydrogens is 166 g/mol. The van der Waals surface area contributed by atoms with E-state index >= 15 is 0 Å². The van der Waals surface area contributed by atoms with Gasteiger partial charge in [-0.3, -0.25) is 0 Å². The van der Waals surface area contributed by atoms with Crippen LogP contribution in [0.3, 0.4) is 0 Å². The minimum atomic E-state index is 0. The molecule has 0 aliphatic heterocycles. The Morgan fingerprint density at radius 1 is 1.50 bits per heavy atom. The number of rotatable bonds is 4. The molecule has 0 heterocycles. The molecule has 0 aromatic rings. The number of hydrogen-bond acceptors (Lipinski definition) is 2. The fourth-order valence-electron chi connectivity index (χ4n) is 0.903. The van der Waals surface area contributed by atoms with Gasteiger partial charge >= 0.3 is 0 Å². The van der Waals surface area contributed by atoms with Crippen molar-refractivity contribution in [3.8, 4) is 0 Å². The van der Waals surface area contributed by atoms with Gasteiger partial charge in [0.25, 0.3) is 0 Å². The Labute approximate surface area is 73.5 Å². The van der Waals surface area contributed by atoms with Gasteiger partial charge in [-0.2, -0.15) is 11.8 Å². The molecule has 3 heteroatoms. The summed E-state index contributed by atoms with van der Waals surface area (Å²) in [6.45, 7) is 3.11. The van der Waals surface area contributed by atoms with Crippen LogP contribution in [0.25, 0.3) is 0 Å². The Balaban J connectivity index is 0.000000810. The van der Waals surface area contributed by atoms with Crippen molar-refractivity contribution in [1.29, 1.82) is 0 Å². The molecule has 0 amide bonds. The van der Waals surface area contributed by atoms with Gasteiger partial charge in [0.15, 0.2) is 0 Å². The van der Waals surface area contributed by atoms with Crippen LogP contribution in [0.4, 0.5) is 0 Å². The Hall–Kier alpha value is 0.600. The second-order valence-electron chi connectivity index (χ2n) is 2.84. The second kappa shape index (κ2) is 4.47. The number of hydrogen-bond donors (Lipinski definition) is 1. The van der Waals surface area contributed by atoms with Gasteiger partial charge in [0.05, 0.1) is 0 Å². The predicted octanol–water partition coefficient (Wildman–Crippen LogP) is 1.90. The largest absolute Gasteiger partial charge is 0.330 e. The molecule has 0 atom stereocenters. The van der Waals surface area contributed by atoms with Crippen molar-refractivity contribution in [3.05, 3.63) is 0 Å².